The van der Waals surface area contributed by atoms with Gasteiger partial charge in [-0.1, -0.05) is 23.7 Å². The van der Waals surface area contributed by atoms with Crippen LogP contribution in [0.1, 0.15) is 34.6 Å². The zero-order chi connectivity index (χ0) is 19.1. The van der Waals surface area contributed by atoms with Crippen molar-refractivity contribution in [2.24, 2.45) is 0 Å². The van der Waals surface area contributed by atoms with E-state index in [-0.39, 0.29) is 22.7 Å². The SMILES string of the molecule is CC(C)NC(=O)c1ccccc1NC(=O)COC(=O)c1cccnc1Cl. The highest BCUT2D eigenvalue weighted by atomic mass is 35.5. The van der Waals surface area contributed by atoms with Crippen LogP contribution < -0.4 is 10.6 Å². The van der Waals surface area contributed by atoms with E-state index in [1.807, 2.05) is 13.8 Å². The summed E-state index contributed by atoms with van der Waals surface area (Å²) in [6, 6.07) is 9.49. The molecular formula is C18H18ClN3O4. The first-order chi connectivity index (χ1) is 12.4. The number of para-hydroxylation sites is 1. The third kappa shape index (κ3) is 5.29. The summed E-state index contributed by atoms with van der Waals surface area (Å²) in [5.74, 6) is -1.65. The van der Waals surface area contributed by atoms with E-state index in [0.29, 0.717) is 11.3 Å². The maximum absolute atomic E-state index is 12.2. The Morgan fingerprint density at radius 1 is 1.12 bits per heavy atom. The summed E-state index contributed by atoms with van der Waals surface area (Å²) in [5.41, 5.74) is 0.709. The lowest BCUT2D eigenvalue weighted by Gasteiger charge is -2.13. The van der Waals surface area contributed by atoms with Crippen LogP contribution in [0.15, 0.2) is 42.6 Å². The maximum Gasteiger partial charge on any atom is 0.341 e. The summed E-state index contributed by atoms with van der Waals surface area (Å²) in [6.45, 7) is 3.15. The Morgan fingerprint density at radius 3 is 2.50 bits per heavy atom. The highest BCUT2D eigenvalue weighted by molar-refractivity contribution is 6.32. The van der Waals surface area contributed by atoms with Crippen LogP contribution in [0.5, 0.6) is 0 Å². The molecule has 2 aromatic rings. The third-order valence-corrected chi connectivity index (χ3v) is 3.48. The smallest absolute Gasteiger partial charge is 0.341 e. The van der Waals surface area contributed by atoms with Crippen LogP contribution >= 0.6 is 11.6 Å². The van der Waals surface area contributed by atoms with Crippen molar-refractivity contribution in [1.82, 2.24) is 10.3 Å². The zero-order valence-corrected chi connectivity index (χ0v) is 15.0. The highest BCUT2D eigenvalue weighted by Crippen LogP contribution is 2.16. The van der Waals surface area contributed by atoms with Gasteiger partial charge in [-0.3, -0.25) is 9.59 Å². The van der Waals surface area contributed by atoms with E-state index in [2.05, 4.69) is 15.6 Å². The van der Waals surface area contributed by atoms with E-state index in [1.54, 1.807) is 24.3 Å². The second kappa shape index (κ2) is 8.96. The fourth-order valence-corrected chi connectivity index (χ4v) is 2.26. The second-order valence-corrected chi connectivity index (χ2v) is 6.00. The molecule has 0 aliphatic carbocycles. The number of anilines is 1. The molecule has 0 radical (unpaired) electrons. The Balaban J connectivity index is 1.99. The number of hydrogen-bond donors (Lipinski definition) is 2. The fraction of sp³-hybridized carbons (Fsp3) is 0.222. The van der Waals surface area contributed by atoms with Gasteiger partial charge in [-0.25, -0.2) is 9.78 Å². The Hall–Kier alpha value is -2.93. The third-order valence-electron chi connectivity index (χ3n) is 3.18. The van der Waals surface area contributed by atoms with Crippen molar-refractivity contribution in [2.45, 2.75) is 19.9 Å². The minimum atomic E-state index is -0.760. The molecule has 8 heteroatoms. The second-order valence-electron chi connectivity index (χ2n) is 5.64. The van der Waals surface area contributed by atoms with Crippen LogP contribution in [0.4, 0.5) is 5.69 Å². The number of halogens is 1. The van der Waals surface area contributed by atoms with Crippen LogP contribution in [-0.2, 0) is 9.53 Å². The molecule has 0 saturated heterocycles. The van der Waals surface area contributed by atoms with Crippen molar-refractivity contribution in [3.63, 3.8) is 0 Å². The molecular weight excluding hydrogens is 358 g/mol. The number of nitrogens with one attached hydrogen (secondary N) is 2. The summed E-state index contributed by atoms with van der Waals surface area (Å²) in [4.78, 5) is 39.9. The molecule has 2 N–H and O–H groups in total. The standard InChI is InChI=1S/C18H18ClN3O4/c1-11(2)21-17(24)12-6-3-4-8-14(12)22-15(23)10-26-18(25)13-7-5-9-20-16(13)19/h3-9,11H,10H2,1-2H3,(H,21,24)(H,22,23). The van der Waals surface area contributed by atoms with Gasteiger partial charge in [0.2, 0.25) is 0 Å². The Bertz CT molecular complexity index is 824. The molecule has 26 heavy (non-hydrogen) atoms. The van der Waals surface area contributed by atoms with Crippen LogP contribution in [0.2, 0.25) is 5.15 Å². The van der Waals surface area contributed by atoms with Crippen molar-refractivity contribution in [3.8, 4) is 0 Å². The normalized spacial score (nSPS) is 10.3. The van der Waals surface area contributed by atoms with Gasteiger partial charge in [0.25, 0.3) is 11.8 Å². The number of carbonyl (C=O) groups is 3. The number of pyridine rings is 1. The predicted octanol–water partition coefficient (Wildman–Crippen LogP) is 2.67. The van der Waals surface area contributed by atoms with Crippen molar-refractivity contribution < 1.29 is 19.1 Å². The highest BCUT2D eigenvalue weighted by Gasteiger charge is 2.16. The fourth-order valence-electron chi connectivity index (χ4n) is 2.06. The number of ether oxygens (including phenoxy) is 1. The van der Waals surface area contributed by atoms with E-state index in [0.717, 1.165) is 0 Å². The number of hydrogen-bond acceptors (Lipinski definition) is 5. The molecule has 2 amide bonds. The molecule has 0 aliphatic heterocycles. The number of nitrogens with zero attached hydrogens (tertiary/aromatic N) is 1. The Labute approximate surface area is 155 Å². The first-order valence-corrected chi connectivity index (χ1v) is 8.23. The van der Waals surface area contributed by atoms with E-state index >= 15 is 0 Å². The summed E-state index contributed by atoms with van der Waals surface area (Å²) >= 11 is 5.80. The van der Waals surface area contributed by atoms with Gasteiger partial charge < -0.3 is 15.4 Å². The number of amides is 2. The van der Waals surface area contributed by atoms with Gasteiger partial charge >= 0.3 is 5.97 Å². The van der Waals surface area contributed by atoms with Crippen molar-refractivity contribution >= 4 is 35.1 Å². The summed E-state index contributed by atoms with van der Waals surface area (Å²) in [6.07, 6.45) is 1.44. The molecule has 2 rings (SSSR count). The maximum atomic E-state index is 12.2. The lowest BCUT2D eigenvalue weighted by molar-refractivity contribution is -0.119. The average Bonchev–Trinajstić information content (AvgIpc) is 2.60. The van der Waals surface area contributed by atoms with E-state index in [1.165, 1.54) is 18.3 Å². The molecule has 0 spiro atoms. The molecule has 0 saturated carbocycles. The first kappa shape index (κ1) is 19.4. The monoisotopic (exact) mass is 375 g/mol. The molecule has 1 heterocycles. The number of rotatable bonds is 6. The number of carbonyl (C=O) groups excluding carboxylic acids is 3. The summed E-state index contributed by atoms with van der Waals surface area (Å²) in [7, 11) is 0. The molecule has 0 fully saturated rings. The van der Waals surface area contributed by atoms with E-state index in [9.17, 15) is 14.4 Å². The van der Waals surface area contributed by atoms with Crippen LogP contribution in [0.25, 0.3) is 0 Å². The number of benzene rings is 1. The van der Waals surface area contributed by atoms with E-state index < -0.39 is 18.5 Å². The molecule has 0 unspecified atom stereocenters. The number of aromatic nitrogens is 1. The average molecular weight is 376 g/mol. The molecule has 0 bridgehead atoms. The van der Waals surface area contributed by atoms with Gasteiger partial charge in [-0.2, -0.15) is 0 Å². The molecule has 0 atom stereocenters. The molecule has 7 nitrogen and oxygen atoms in total. The first-order valence-electron chi connectivity index (χ1n) is 7.86. The molecule has 0 aliphatic rings. The van der Waals surface area contributed by atoms with Crippen molar-refractivity contribution in [3.05, 3.63) is 58.9 Å². The number of esters is 1. The van der Waals surface area contributed by atoms with Gasteiger partial charge in [-0.15, -0.1) is 0 Å². The Morgan fingerprint density at radius 2 is 1.81 bits per heavy atom. The van der Waals surface area contributed by atoms with Crippen LogP contribution in [-0.4, -0.2) is 35.4 Å². The largest absolute Gasteiger partial charge is 0.452 e. The van der Waals surface area contributed by atoms with Gasteiger partial charge in [0.05, 0.1) is 16.8 Å². The van der Waals surface area contributed by atoms with Gasteiger partial charge in [0.15, 0.2) is 6.61 Å². The molecule has 1 aromatic carbocycles. The summed E-state index contributed by atoms with van der Waals surface area (Å²) < 4.78 is 4.93. The van der Waals surface area contributed by atoms with Crippen molar-refractivity contribution in [1.29, 1.82) is 0 Å². The topological polar surface area (TPSA) is 97.4 Å². The van der Waals surface area contributed by atoms with Crippen LogP contribution in [0.3, 0.4) is 0 Å². The lowest BCUT2D eigenvalue weighted by atomic mass is 10.1. The summed E-state index contributed by atoms with van der Waals surface area (Å²) in [5, 5.41) is 5.31. The van der Waals surface area contributed by atoms with Gasteiger partial charge in [-0.05, 0) is 38.1 Å². The minimum absolute atomic E-state index is 0.00592. The van der Waals surface area contributed by atoms with E-state index in [4.69, 9.17) is 16.3 Å². The quantitative estimate of drug-likeness (QED) is 0.597. The van der Waals surface area contributed by atoms with Crippen LogP contribution in [0, 0.1) is 0 Å². The predicted molar refractivity (Wildman–Crippen MR) is 97.2 cm³/mol. The van der Waals surface area contributed by atoms with Crippen molar-refractivity contribution in [2.75, 3.05) is 11.9 Å². The van der Waals surface area contributed by atoms with Gasteiger partial charge in [0.1, 0.15) is 5.15 Å². The lowest BCUT2D eigenvalue weighted by Crippen LogP contribution is -2.31. The molecule has 1 aromatic heterocycles. The zero-order valence-electron chi connectivity index (χ0n) is 14.3. The minimum Gasteiger partial charge on any atom is -0.452 e. The Kier molecular flexibility index (Phi) is 6.68. The molecule has 136 valence electrons. The van der Waals surface area contributed by atoms with Gasteiger partial charge in [0, 0.05) is 12.2 Å².